The second kappa shape index (κ2) is 8.60. The van der Waals surface area contributed by atoms with Crippen LogP contribution in [0.4, 0.5) is 8.78 Å². The standard InChI is InChI=1S/C25H18BF2/c1-17-4-5-20(15-24(17)27)7-10-21-9-6-19(14-18(21)2)8-11-22-12-13-23(26-3)16-25(22)28/h4-6,9,12-16H,1-3H3. The molecular weight excluding hydrogens is 349 g/mol. The third kappa shape index (κ3) is 4.70. The lowest BCUT2D eigenvalue weighted by Gasteiger charge is -2.00. The maximum absolute atomic E-state index is 14.0. The second-order valence-electron chi connectivity index (χ2n) is 6.52. The summed E-state index contributed by atoms with van der Waals surface area (Å²) in [4.78, 5) is 0. The van der Waals surface area contributed by atoms with E-state index in [1.165, 1.54) is 12.1 Å². The topological polar surface area (TPSA) is 0 Å². The van der Waals surface area contributed by atoms with Crippen LogP contribution in [0.1, 0.15) is 33.4 Å². The highest BCUT2D eigenvalue weighted by Crippen LogP contribution is 2.12. The highest BCUT2D eigenvalue weighted by Gasteiger charge is 2.01. The predicted molar refractivity (Wildman–Crippen MR) is 112 cm³/mol. The molecule has 0 N–H and O–H groups in total. The minimum absolute atomic E-state index is 0.258. The molecule has 0 spiro atoms. The molecule has 28 heavy (non-hydrogen) atoms. The van der Waals surface area contributed by atoms with Gasteiger partial charge in [0.05, 0.1) is 5.56 Å². The first-order valence-electron chi connectivity index (χ1n) is 8.96. The predicted octanol–water partition coefficient (Wildman–Crippen LogP) is 4.76. The Labute approximate surface area is 165 Å². The minimum Gasteiger partial charge on any atom is -0.207 e. The average Bonchev–Trinajstić information content (AvgIpc) is 2.68. The van der Waals surface area contributed by atoms with Crippen LogP contribution in [0.2, 0.25) is 6.82 Å². The molecule has 0 saturated heterocycles. The molecule has 0 bridgehead atoms. The van der Waals surface area contributed by atoms with Crippen molar-refractivity contribution < 1.29 is 8.78 Å². The van der Waals surface area contributed by atoms with Crippen LogP contribution in [0, 0.1) is 49.2 Å². The van der Waals surface area contributed by atoms with E-state index in [4.69, 9.17) is 0 Å². The van der Waals surface area contributed by atoms with Gasteiger partial charge in [0, 0.05) is 16.7 Å². The van der Waals surface area contributed by atoms with Gasteiger partial charge >= 0.3 is 0 Å². The smallest absolute Gasteiger partial charge is 0.148 e. The zero-order valence-corrected chi connectivity index (χ0v) is 16.0. The van der Waals surface area contributed by atoms with E-state index in [1.54, 1.807) is 25.1 Å². The van der Waals surface area contributed by atoms with Gasteiger partial charge in [0.25, 0.3) is 0 Å². The molecule has 0 aliphatic rings. The van der Waals surface area contributed by atoms with Crippen LogP contribution in [0.5, 0.6) is 0 Å². The SMILES string of the molecule is C[B]c1ccc(C#Cc2ccc(C#Cc3ccc(C)c(F)c3)c(C)c2)c(F)c1. The monoisotopic (exact) mass is 367 g/mol. The highest BCUT2D eigenvalue weighted by atomic mass is 19.1. The lowest BCUT2D eigenvalue weighted by Crippen LogP contribution is -2.10. The molecule has 0 aliphatic carbocycles. The zero-order chi connectivity index (χ0) is 20.1. The zero-order valence-electron chi connectivity index (χ0n) is 16.0. The van der Waals surface area contributed by atoms with Gasteiger partial charge in [-0.05, 0) is 67.4 Å². The molecule has 0 atom stereocenters. The normalized spacial score (nSPS) is 9.75. The Hall–Kier alpha value is -3.30. The molecule has 0 nitrogen and oxygen atoms in total. The fourth-order valence-corrected chi connectivity index (χ4v) is 2.64. The molecule has 0 amide bonds. The molecule has 0 aromatic heterocycles. The summed E-state index contributed by atoms with van der Waals surface area (Å²) in [5.74, 6) is 11.3. The van der Waals surface area contributed by atoms with E-state index in [2.05, 4.69) is 23.7 Å². The second-order valence-corrected chi connectivity index (χ2v) is 6.52. The molecule has 0 saturated carbocycles. The summed E-state index contributed by atoms with van der Waals surface area (Å²) in [6, 6.07) is 15.6. The van der Waals surface area contributed by atoms with Crippen molar-refractivity contribution in [3.63, 3.8) is 0 Å². The summed E-state index contributed by atoms with van der Waals surface area (Å²) >= 11 is 0. The van der Waals surface area contributed by atoms with Crippen LogP contribution in [0.25, 0.3) is 0 Å². The van der Waals surface area contributed by atoms with Crippen molar-refractivity contribution in [3.05, 3.63) is 99.6 Å². The summed E-state index contributed by atoms with van der Waals surface area (Å²) in [5, 5.41) is 0. The highest BCUT2D eigenvalue weighted by molar-refractivity contribution is 6.51. The molecule has 1 radical (unpaired) electrons. The van der Waals surface area contributed by atoms with Crippen LogP contribution in [0.3, 0.4) is 0 Å². The van der Waals surface area contributed by atoms with Gasteiger partial charge in [-0.15, -0.1) is 0 Å². The number of benzene rings is 3. The minimum atomic E-state index is -0.326. The Morgan fingerprint density at radius 1 is 0.643 bits per heavy atom. The van der Waals surface area contributed by atoms with Gasteiger partial charge in [0.2, 0.25) is 0 Å². The first-order chi connectivity index (χ1) is 13.5. The Bertz CT molecular complexity index is 1150. The van der Waals surface area contributed by atoms with Crippen molar-refractivity contribution in [1.82, 2.24) is 0 Å². The van der Waals surface area contributed by atoms with Gasteiger partial charge < -0.3 is 0 Å². The number of aryl methyl sites for hydroxylation is 2. The Morgan fingerprint density at radius 2 is 1.29 bits per heavy atom. The quantitative estimate of drug-likeness (QED) is 0.430. The first kappa shape index (κ1) is 19.5. The summed E-state index contributed by atoms with van der Waals surface area (Å²) in [5.41, 5.74) is 5.03. The lowest BCUT2D eigenvalue weighted by atomic mass is 9.73. The third-order valence-corrected chi connectivity index (χ3v) is 4.41. The summed E-state index contributed by atoms with van der Waals surface area (Å²) < 4.78 is 27.7. The molecule has 0 unspecified atom stereocenters. The summed E-state index contributed by atoms with van der Waals surface area (Å²) in [7, 11) is 1.84. The molecule has 3 aromatic rings. The summed E-state index contributed by atoms with van der Waals surface area (Å²) in [6.45, 7) is 5.53. The van der Waals surface area contributed by atoms with Gasteiger partial charge in [-0.25, -0.2) is 8.78 Å². The number of halogens is 2. The van der Waals surface area contributed by atoms with Gasteiger partial charge in [0.1, 0.15) is 18.9 Å². The maximum Gasteiger partial charge on any atom is 0.148 e. The van der Waals surface area contributed by atoms with Crippen molar-refractivity contribution in [1.29, 1.82) is 0 Å². The van der Waals surface area contributed by atoms with Crippen molar-refractivity contribution in [3.8, 4) is 23.7 Å². The van der Waals surface area contributed by atoms with Crippen molar-refractivity contribution in [2.75, 3.05) is 0 Å². The van der Waals surface area contributed by atoms with E-state index in [9.17, 15) is 8.78 Å². The molecule has 3 rings (SSSR count). The first-order valence-corrected chi connectivity index (χ1v) is 8.96. The molecule has 0 fully saturated rings. The molecule has 3 heteroatoms. The summed E-state index contributed by atoms with van der Waals surface area (Å²) in [6.07, 6.45) is 0. The fourth-order valence-electron chi connectivity index (χ4n) is 2.64. The van der Waals surface area contributed by atoms with E-state index in [-0.39, 0.29) is 11.6 Å². The largest absolute Gasteiger partial charge is 0.207 e. The van der Waals surface area contributed by atoms with Crippen molar-refractivity contribution >= 4 is 12.7 Å². The van der Waals surface area contributed by atoms with Gasteiger partial charge in [-0.1, -0.05) is 48.1 Å². The average molecular weight is 367 g/mol. The van der Waals surface area contributed by atoms with Crippen LogP contribution in [0.15, 0.2) is 54.6 Å². The maximum atomic E-state index is 14.0. The van der Waals surface area contributed by atoms with Crippen molar-refractivity contribution in [2.45, 2.75) is 20.7 Å². The molecule has 135 valence electrons. The van der Waals surface area contributed by atoms with Crippen LogP contribution in [-0.4, -0.2) is 7.28 Å². The van der Waals surface area contributed by atoms with Crippen LogP contribution >= 0.6 is 0 Å². The van der Waals surface area contributed by atoms with E-state index < -0.39 is 0 Å². The Balaban J connectivity index is 1.82. The fraction of sp³-hybridized carbons (Fsp3) is 0.120. The van der Waals surface area contributed by atoms with Crippen LogP contribution in [-0.2, 0) is 0 Å². The molecular formula is C25H18BF2. The molecule has 0 heterocycles. The van der Waals surface area contributed by atoms with E-state index in [0.29, 0.717) is 16.7 Å². The van der Waals surface area contributed by atoms with E-state index in [0.717, 1.165) is 22.2 Å². The van der Waals surface area contributed by atoms with Gasteiger partial charge in [0.15, 0.2) is 0 Å². The van der Waals surface area contributed by atoms with Crippen LogP contribution < -0.4 is 5.46 Å². The lowest BCUT2D eigenvalue weighted by molar-refractivity contribution is 0.618. The number of hydrogen-bond acceptors (Lipinski definition) is 0. The van der Waals surface area contributed by atoms with E-state index in [1.807, 2.05) is 45.3 Å². The molecule has 3 aromatic carbocycles. The number of hydrogen-bond donors (Lipinski definition) is 0. The Kier molecular flexibility index (Phi) is 5.98. The third-order valence-electron chi connectivity index (χ3n) is 4.41. The van der Waals surface area contributed by atoms with Gasteiger partial charge in [-0.3, -0.25) is 0 Å². The van der Waals surface area contributed by atoms with Crippen molar-refractivity contribution in [2.24, 2.45) is 0 Å². The Morgan fingerprint density at radius 3 is 1.93 bits per heavy atom. The molecule has 0 aliphatic heterocycles. The van der Waals surface area contributed by atoms with Gasteiger partial charge in [-0.2, -0.15) is 0 Å². The number of rotatable bonds is 1. The van der Waals surface area contributed by atoms with E-state index >= 15 is 0 Å².